The third-order valence-corrected chi connectivity index (χ3v) is 2.74. The minimum Gasteiger partial charge on any atom is -0.439 e. The molecule has 2 rings (SSSR count). The van der Waals surface area contributed by atoms with E-state index in [2.05, 4.69) is 9.97 Å². The molecule has 110 valence electrons. The quantitative estimate of drug-likeness (QED) is 0.482. The van der Waals surface area contributed by atoms with Gasteiger partial charge < -0.3 is 4.74 Å². The predicted octanol–water partition coefficient (Wildman–Crippen LogP) is 4.09. The zero-order valence-electron chi connectivity index (χ0n) is 11.2. The van der Waals surface area contributed by atoms with E-state index < -0.39 is 16.4 Å². The fourth-order valence-corrected chi connectivity index (χ4v) is 1.72. The molecule has 0 radical (unpaired) electrons. The Kier molecular flexibility index (Phi) is 4.32. The van der Waals surface area contributed by atoms with Crippen molar-refractivity contribution in [1.29, 1.82) is 0 Å². The van der Waals surface area contributed by atoms with E-state index in [1.54, 1.807) is 0 Å². The van der Waals surface area contributed by atoms with Gasteiger partial charge in [0.2, 0.25) is 11.7 Å². The second-order valence-corrected chi connectivity index (χ2v) is 4.90. The minimum atomic E-state index is -0.985. The van der Waals surface area contributed by atoms with E-state index in [1.165, 1.54) is 12.1 Å². The summed E-state index contributed by atoms with van der Waals surface area (Å²) in [6.45, 7) is 3.78. The molecule has 0 atom stereocenters. The zero-order chi connectivity index (χ0) is 15.6. The lowest BCUT2D eigenvalue weighted by molar-refractivity contribution is -0.387. The van der Waals surface area contributed by atoms with Crippen LogP contribution >= 0.6 is 11.6 Å². The second kappa shape index (κ2) is 6.01. The Balaban J connectivity index is 2.30. The Morgan fingerprint density at radius 3 is 2.62 bits per heavy atom. The predicted molar refractivity (Wildman–Crippen MR) is 74.3 cm³/mol. The first-order valence-corrected chi connectivity index (χ1v) is 6.41. The number of benzene rings is 1. The van der Waals surface area contributed by atoms with Crippen LogP contribution in [0, 0.1) is 15.9 Å². The second-order valence-electron chi connectivity index (χ2n) is 4.51. The smallest absolute Gasteiger partial charge is 0.305 e. The molecule has 1 heterocycles. The van der Waals surface area contributed by atoms with E-state index in [1.807, 2.05) is 13.8 Å². The molecule has 0 aliphatic rings. The normalized spacial score (nSPS) is 10.7. The van der Waals surface area contributed by atoms with Gasteiger partial charge in [0, 0.05) is 24.1 Å². The van der Waals surface area contributed by atoms with Gasteiger partial charge in [0.15, 0.2) is 0 Å². The van der Waals surface area contributed by atoms with Crippen LogP contribution in [-0.4, -0.2) is 14.9 Å². The van der Waals surface area contributed by atoms with Crippen molar-refractivity contribution >= 4 is 17.3 Å². The molecule has 0 amide bonds. The first-order valence-electron chi connectivity index (χ1n) is 6.03. The first kappa shape index (κ1) is 15.1. The molecule has 0 fully saturated rings. The van der Waals surface area contributed by atoms with Crippen molar-refractivity contribution in [3.8, 4) is 11.6 Å². The van der Waals surface area contributed by atoms with Gasteiger partial charge in [0.1, 0.15) is 16.7 Å². The molecule has 1 aromatic carbocycles. The average Bonchev–Trinajstić information content (AvgIpc) is 2.37. The highest BCUT2D eigenvalue weighted by molar-refractivity contribution is 6.29. The van der Waals surface area contributed by atoms with E-state index >= 15 is 0 Å². The number of aromatic nitrogens is 2. The largest absolute Gasteiger partial charge is 0.439 e. The molecular formula is C13H11ClFN3O3. The van der Waals surface area contributed by atoms with Crippen LogP contribution in [0.5, 0.6) is 11.6 Å². The fraction of sp³-hybridized carbons (Fsp3) is 0.231. The molecule has 2 aromatic rings. The van der Waals surface area contributed by atoms with Crippen LogP contribution in [0.3, 0.4) is 0 Å². The van der Waals surface area contributed by atoms with E-state index in [-0.39, 0.29) is 22.7 Å². The number of nitro benzene ring substituents is 1. The van der Waals surface area contributed by atoms with Crippen molar-refractivity contribution in [2.24, 2.45) is 0 Å². The number of rotatable bonds is 4. The third kappa shape index (κ3) is 3.63. The number of hydrogen-bond acceptors (Lipinski definition) is 5. The van der Waals surface area contributed by atoms with E-state index in [4.69, 9.17) is 16.3 Å². The summed E-state index contributed by atoms with van der Waals surface area (Å²) in [5.41, 5.74) is -0.620. The van der Waals surface area contributed by atoms with Crippen molar-refractivity contribution in [2.45, 2.75) is 19.8 Å². The molecular weight excluding hydrogens is 301 g/mol. The molecule has 0 N–H and O–H groups in total. The van der Waals surface area contributed by atoms with Crippen LogP contribution in [0.25, 0.3) is 0 Å². The van der Waals surface area contributed by atoms with Crippen LogP contribution in [0.2, 0.25) is 5.15 Å². The minimum absolute atomic E-state index is 0.0413. The highest BCUT2D eigenvalue weighted by Gasteiger charge is 2.15. The lowest BCUT2D eigenvalue weighted by atomic mass is 10.2. The molecule has 1 aromatic heterocycles. The summed E-state index contributed by atoms with van der Waals surface area (Å²) in [6.07, 6.45) is 0. The van der Waals surface area contributed by atoms with Crippen LogP contribution in [0.4, 0.5) is 10.1 Å². The topological polar surface area (TPSA) is 78.2 Å². The number of nitro groups is 1. The van der Waals surface area contributed by atoms with Gasteiger partial charge in [-0.15, -0.1) is 0 Å². The number of ether oxygens (including phenoxy) is 1. The van der Waals surface area contributed by atoms with E-state index in [9.17, 15) is 14.5 Å². The maximum atomic E-state index is 13.5. The summed E-state index contributed by atoms with van der Waals surface area (Å²) in [4.78, 5) is 17.9. The maximum Gasteiger partial charge on any atom is 0.305 e. The SMILES string of the molecule is CC(C)c1nc(Cl)cc(Oc2ccc([N+](=O)[O-])c(F)c2)n1. The molecule has 0 spiro atoms. The Hall–Kier alpha value is -2.28. The van der Waals surface area contributed by atoms with Crippen molar-refractivity contribution in [3.63, 3.8) is 0 Å². The van der Waals surface area contributed by atoms with Gasteiger partial charge in [0.25, 0.3) is 0 Å². The highest BCUT2D eigenvalue weighted by Crippen LogP contribution is 2.27. The third-order valence-electron chi connectivity index (χ3n) is 2.54. The standard InChI is InChI=1S/C13H11ClFN3O3/c1-7(2)13-16-11(14)6-12(17-13)21-8-3-4-10(18(19)20)9(15)5-8/h3-7H,1-2H3. The molecule has 0 unspecified atom stereocenters. The Labute approximate surface area is 124 Å². The molecule has 21 heavy (non-hydrogen) atoms. The molecule has 0 bridgehead atoms. The molecule has 0 saturated heterocycles. The highest BCUT2D eigenvalue weighted by atomic mass is 35.5. The van der Waals surface area contributed by atoms with Crippen LogP contribution in [0.1, 0.15) is 25.6 Å². The van der Waals surface area contributed by atoms with Gasteiger partial charge in [-0.05, 0) is 6.07 Å². The van der Waals surface area contributed by atoms with E-state index in [0.717, 1.165) is 12.1 Å². The van der Waals surface area contributed by atoms with Crippen LogP contribution in [0.15, 0.2) is 24.3 Å². The van der Waals surface area contributed by atoms with Gasteiger partial charge in [-0.1, -0.05) is 25.4 Å². The summed E-state index contributed by atoms with van der Waals surface area (Å²) < 4.78 is 18.9. The summed E-state index contributed by atoms with van der Waals surface area (Å²) in [5.74, 6) is -0.226. The lowest BCUT2D eigenvalue weighted by Crippen LogP contribution is -2.00. The van der Waals surface area contributed by atoms with Crippen LogP contribution < -0.4 is 4.74 Å². The maximum absolute atomic E-state index is 13.5. The van der Waals surface area contributed by atoms with E-state index in [0.29, 0.717) is 5.82 Å². The van der Waals surface area contributed by atoms with Crippen molar-refractivity contribution in [1.82, 2.24) is 9.97 Å². The monoisotopic (exact) mass is 311 g/mol. The summed E-state index contributed by atoms with van der Waals surface area (Å²) in [5, 5.41) is 10.7. The van der Waals surface area contributed by atoms with Gasteiger partial charge in [-0.2, -0.15) is 9.37 Å². The van der Waals surface area contributed by atoms with Crippen molar-refractivity contribution < 1.29 is 14.1 Å². The fourth-order valence-electron chi connectivity index (χ4n) is 1.54. The van der Waals surface area contributed by atoms with Crippen molar-refractivity contribution in [3.05, 3.63) is 51.2 Å². The Morgan fingerprint density at radius 1 is 1.33 bits per heavy atom. The zero-order valence-corrected chi connectivity index (χ0v) is 12.0. The van der Waals surface area contributed by atoms with Gasteiger partial charge >= 0.3 is 5.69 Å². The van der Waals surface area contributed by atoms with Gasteiger partial charge in [-0.25, -0.2) is 4.98 Å². The molecule has 0 aliphatic carbocycles. The molecule has 8 heteroatoms. The summed E-state index contributed by atoms with van der Waals surface area (Å²) >= 11 is 5.86. The van der Waals surface area contributed by atoms with Crippen LogP contribution in [-0.2, 0) is 0 Å². The Bertz CT molecular complexity index is 694. The van der Waals surface area contributed by atoms with Gasteiger partial charge in [-0.3, -0.25) is 10.1 Å². The Morgan fingerprint density at radius 2 is 2.05 bits per heavy atom. The molecule has 0 aliphatic heterocycles. The molecule has 0 saturated carbocycles. The average molecular weight is 312 g/mol. The molecule has 6 nitrogen and oxygen atoms in total. The first-order chi connectivity index (χ1) is 9.86. The number of halogens is 2. The van der Waals surface area contributed by atoms with Crippen molar-refractivity contribution in [2.75, 3.05) is 0 Å². The lowest BCUT2D eigenvalue weighted by Gasteiger charge is -2.08. The van der Waals surface area contributed by atoms with Gasteiger partial charge in [0.05, 0.1) is 4.92 Å². The number of nitrogens with zero attached hydrogens (tertiary/aromatic N) is 3. The summed E-state index contributed by atoms with van der Waals surface area (Å²) in [7, 11) is 0. The number of hydrogen-bond donors (Lipinski definition) is 0. The summed E-state index contributed by atoms with van der Waals surface area (Å²) in [6, 6.07) is 4.61.